The van der Waals surface area contributed by atoms with Gasteiger partial charge in [0.05, 0.1) is 17.3 Å². The van der Waals surface area contributed by atoms with E-state index in [2.05, 4.69) is 31.8 Å². The van der Waals surface area contributed by atoms with Gasteiger partial charge in [-0.3, -0.25) is 9.59 Å². The first-order chi connectivity index (χ1) is 17.4. The molecule has 0 bridgehead atoms. The van der Waals surface area contributed by atoms with E-state index in [-0.39, 0.29) is 24.7 Å². The number of para-hydroxylation sites is 1. The molecule has 3 aromatic rings. The van der Waals surface area contributed by atoms with Crippen LogP contribution in [-0.2, 0) is 16.2 Å². The molecule has 7 nitrogen and oxygen atoms in total. The van der Waals surface area contributed by atoms with E-state index in [1.54, 1.807) is 6.07 Å². The van der Waals surface area contributed by atoms with Gasteiger partial charge in [-0.15, -0.1) is 0 Å². The average molecular weight is 573 g/mol. The van der Waals surface area contributed by atoms with E-state index in [1.807, 2.05) is 68.4 Å². The first kappa shape index (κ1) is 27.2. The number of carbonyl (C=O) groups excluding carboxylic acids is 2. The third-order valence-electron chi connectivity index (χ3n) is 5.03. The Balaban J connectivity index is 1.54. The summed E-state index contributed by atoms with van der Waals surface area (Å²) in [6, 6.07) is 18.5. The summed E-state index contributed by atoms with van der Waals surface area (Å²) in [6.07, 6.45) is 1.57. The van der Waals surface area contributed by atoms with E-state index in [0.29, 0.717) is 39.8 Å². The second-order valence-electron chi connectivity index (χ2n) is 7.83. The molecule has 0 atom stereocenters. The highest BCUT2D eigenvalue weighted by atomic mass is 79.9. The number of hydrogen-bond donors (Lipinski definition) is 2. The van der Waals surface area contributed by atoms with E-state index in [9.17, 15) is 9.59 Å². The van der Waals surface area contributed by atoms with Crippen molar-refractivity contribution < 1.29 is 19.1 Å². The Hall–Kier alpha value is -3.36. The Morgan fingerprint density at radius 1 is 1.03 bits per heavy atom. The highest BCUT2D eigenvalue weighted by molar-refractivity contribution is 9.10. The Bertz CT molecular complexity index is 1230. The minimum atomic E-state index is -0.363. The molecule has 9 heteroatoms. The summed E-state index contributed by atoms with van der Waals surface area (Å²) in [5.41, 5.74) is 5.81. The molecule has 0 aliphatic heterocycles. The van der Waals surface area contributed by atoms with Crippen LogP contribution >= 0.6 is 27.5 Å². The molecule has 2 amide bonds. The van der Waals surface area contributed by atoms with Gasteiger partial charge in [0.25, 0.3) is 0 Å². The summed E-state index contributed by atoms with van der Waals surface area (Å²) < 4.78 is 12.4. The molecule has 0 spiro atoms. The van der Waals surface area contributed by atoms with Crippen LogP contribution in [0.25, 0.3) is 0 Å². The van der Waals surface area contributed by atoms with Crippen LogP contribution in [0.3, 0.4) is 0 Å². The maximum absolute atomic E-state index is 12.1. The number of nitrogens with one attached hydrogen (secondary N) is 2. The van der Waals surface area contributed by atoms with E-state index < -0.39 is 0 Å². The predicted octanol–water partition coefficient (Wildman–Crippen LogP) is 6.26. The minimum absolute atomic E-state index is 0.0143. The van der Waals surface area contributed by atoms with Crippen molar-refractivity contribution >= 4 is 51.2 Å². The summed E-state index contributed by atoms with van der Waals surface area (Å²) >= 11 is 9.47. The number of anilines is 1. The number of hydrazone groups is 1. The number of rotatable bonds is 11. The smallest absolute Gasteiger partial charge is 0.240 e. The lowest BCUT2D eigenvalue weighted by Crippen LogP contribution is -2.20. The summed E-state index contributed by atoms with van der Waals surface area (Å²) in [5.74, 6) is 0.509. The lowest BCUT2D eigenvalue weighted by Gasteiger charge is -2.14. The van der Waals surface area contributed by atoms with Crippen molar-refractivity contribution in [3.8, 4) is 11.5 Å². The molecule has 0 heterocycles. The van der Waals surface area contributed by atoms with Gasteiger partial charge in [0.1, 0.15) is 6.61 Å². The molecule has 188 valence electrons. The second kappa shape index (κ2) is 13.7. The van der Waals surface area contributed by atoms with Crippen molar-refractivity contribution in [2.75, 3.05) is 11.9 Å². The largest absolute Gasteiger partial charge is 0.490 e. The van der Waals surface area contributed by atoms with Gasteiger partial charge in [0.2, 0.25) is 11.8 Å². The van der Waals surface area contributed by atoms with Crippen molar-refractivity contribution in [2.45, 2.75) is 33.3 Å². The molecule has 3 aromatic carbocycles. The second-order valence-corrected chi connectivity index (χ2v) is 9.13. The number of benzene rings is 3. The zero-order chi connectivity index (χ0) is 25.9. The molecule has 0 unspecified atom stereocenters. The van der Waals surface area contributed by atoms with Crippen LogP contribution < -0.4 is 20.2 Å². The molecule has 0 radical (unpaired) electrons. The van der Waals surface area contributed by atoms with Crippen molar-refractivity contribution in [3.63, 3.8) is 0 Å². The molecule has 0 aromatic heterocycles. The molecule has 2 N–H and O–H groups in total. The molecule has 0 saturated carbocycles. The number of halogens is 2. The van der Waals surface area contributed by atoms with Gasteiger partial charge in [-0.25, -0.2) is 5.43 Å². The van der Waals surface area contributed by atoms with Crippen LogP contribution in [-0.4, -0.2) is 24.6 Å². The molecule has 0 fully saturated rings. The Morgan fingerprint density at radius 2 is 1.75 bits per heavy atom. The lowest BCUT2D eigenvalue weighted by atomic mass is 10.2. The lowest BCUT2D eigenvalue weighted by molar-refractivity contribution is -0.124. The van der Waals surface area contributed by atoms with Crippen LogP contribution in [0.4, 0.5) is 5.69 Å². The Morgan fingerprint density at radius 3 is 2.47 bits per heavy atom. The number of hydrogen-bond acceptors (Lipinski definition) is 5. The van der Waals surface area contributed by atoms with E-state index in [0.717, 1.165) is 16.8 Å². The quantitative estimate of drug-likeness (QED) is 0.210. The van der Waals surface area contributed by atoms with Gasteiger partial charge < -0.3 is 14.8 Å². The SMILES string of the molecule is CCOc1cc(C=NNC(=O)CCC(=O)Nc2ccccc2C)cc(Br)c1OCc1ccc(Cl)cc1. The normalized spacial score (nSPS) is 10.8. The third kappa shape index (κ3) is 8.39. The van der Waals surface area contributed by atoms with Crippen LogP contribution in [0, 0.1) is 6.92 Å². The fraction of sp³-hybridized carbons (Fsp3) is 0.222. The Labute approximate surface area is 224 Å². The van der Waals surface area contributed by atoms with Crippen LogP contribution in [0.5, 0.6) is 11.5 Å². The predicted molar refractivity (Wildman–Crippen MR) is 146 cm³/mol. The van der Waals surface area contributed by atoms with Crippen molar-refractivity contribution in [3.05, 3.63) is 86.8 Å². The summed E-state index contributed by atoms with van der Waals surface area (Å²) in [5, 5.41) is 7.47. The van der Waals surface area contributed by atoms with Crippen LogP contribution in [0.15, 0.2) is 70.2 Å². The van der Waals surface area contributed by atoms with Crippen LogP contribution in [0.2, 0.25) is 5.02 Å². The molecule has 0 saturated heterocycles. The van der Waals surface area contributed by atoms with E-state index >= 15 is 0 Å². The van der Waals surface area contributed by atoms with Crippen LogP contribution in [0.1, 0.15) is 36.5 Å². The van der Waals surface area contributed by atoms with Gasteiger partial charge in [0.15, 0.2) is 11.5 Å². The number of aryl methyl sites for hydroxylation is 1. The standard InChI is InChI=1S/C27H27BrClN3O4/c1-3-35-24-15-20(14-22(28)27(24)36-17-19-8-10-21(29)11-9-19)16-30-32-26(34)13-12-25(33)31-23-7-5-4-6-18(23)2/h4-11,14-16H,3,12-13,17H2,1-2H3,(H,31,33)(H,32,34). The first-order valence-corrected chi connectivity index (χ1v) is 12.5. The van der Waals surface area contributed by atoms with Gasteiger partial charge in [0, 0.05) is 23.6 Å². The fourth-order valence-electron chi connectivity index (χ4n) is 3.19. The summed E-state index contributed by atoms with van der Waals surface area (Å²) in [6.45, 7) is 4.58. The van der Waals surface area contributed by atoms with Crippen molar-refractivity contribution in [2.24, 2.45) is 5.10 Å². The molecule has 3 rings (SSSR count). The highest BCUT2D eigenvalue weighted by Gasteiger charge is 2.13. The number of carbonyl (C=O) groups is 2. The fourth-order valence-corrected chi connectivity index (χ4v) is 3.89. The minimum Gasteiger partial charge on any atom is -0.490 e. The third-order valence-corrected chi connectivity index (χ3v) is 5.87. The maximum atomic E-state index is 12.1. The van der Waals surface area contributed by atoms with Crippen molar-refractivity contribution in [1.29, 1.82) is 0 Å². The molecular weight excluding hydrogens is 546 g/mol. The number of amides is 2. The first-order valence-electron chi connectivity index (χ1n) is 11.4. The zero-order valence-corrected chi connectivity index (χ0v) is 22.4. The maximum Gasteiger partial charge on any atom is 0.240 e. The molecule has 0 aliphatic rings. The zero-order valence-electron chi connectivity index (χ0n) is 20.0. The van der Waals surface area contributed by atoms with E-state index in [4.69, 9.17) is 21.1 Å². The van der Waals surface area contributed by atoms with Gasteiger partial charge in [-0.2, -0.15) is 5.10 Å². The van der Waals surface area contributed by atoms with Gasteiger partial charge in [-0.05, 0) is 76.8 Å². The molecule has 36 heavy (non-hydrogen) atoms. The summed E-state index contributed by atoms with van der Waals surface area (Å²) in [4.78, 5) is 24.2. The van der Waals surface area contributed by atoms with E-state index in [1.165, 1.54) is 6.21 Å². The summed E-state index contributed by atoms with van der Waals surface area (Å²) in [7, 11) is 0. The molecular formula is C27H27BrClN3O4. The topological polar surface area (TPSA) is 89.0 Å². The molecule has 0 aliphatic carbocycles. The van der Waals surface area contributed by atoms with Gasteiger partial charge >= 0.3 is 0 Å². The monoisotopic (exact) mass is 571 g/mol. The highest BCUT2D eigenvalue weighted by Crippen LogP contribution is 2.37. The van der Waals surface area contributed by atoms with Gasteiger partial charge in [-0.1, -0.05) is 41.9 Å². The van der Waals surface area contributed by atoms with Crippen molar-refractivity contribution in [1.82, 2.24) is 5.43 Å². The number of nitrogens with zero attached hydrogens (tertiary/aromatic N) is 1. The average Bonchev–Trinajstić information content (AvgIpc) is 2.85. The number of ether oxygens (including phenoxy) is 2. The Kier molecular flexibility index (Phi) is 10.3.